The van der Waals surface area contributed by atoms with Crippen molar-refractivity contribution < 1.29 is 14.7 Å². The van der Waals surface area contributed by atoms with Gasteiger partial charge in [0.15, 0.2) is 0 Å². The van der Waals surface area contributed by atoms with Crippen LogP contribution in [0.1, 0.15) is 36.3 Å². The monoisotopic (exact) mass is 401 g/mol. The number of H-pyrrole nitrogens is 1. The normalized spacial score (nSPS) is 14.1. The van der Waals surface area contributed by atoms with Crippen molar-refractivity contribution in [2.45, 2.75) is 33.1 Å². The molecule has 0 radical (unpaired) electrons. The summed E-state index contributed by atoms with van der Waals surface area (Å²) >= 11 is 1.00. The topological polar surface area (TPSA) is 102 Å². The van der Waals surface area contributed by atoms with Crippen molar-refractivity contribution in [2.24, 2.45) is 0 Å². The van der Waals surface area contributed by atoms with E-state index in [2.05, 4.69) is 10.3 Å². The number of imide groups is 1. The molecule has 2 heterocycles. The third kappa shape index (κ3) is 4.33. The molecule has 0 saturated carbocycles. The average molecular weight is 401 g/mol. The molecule has 28 heavy (non-hydrogen) atoms. The summed E-state index contributed by atoms with van der Waals surface area (Å²) < 4.78 is 0. The van der Waals surface area contributed by atoms with Crippen molar-refractivity contribution in [3.63, 3.8) is 0 Å². The smallest absolute Gasteiger partial charge is 0.324 e. The first kappa shape index (κ1) is 19.9. The highest BCUT2D eigenvalue weighted by molar-refractivity contribution is 7.09. The molecule has 1 aromatic heterocycles. The van der Waals surface area contributed by atoms with Gasteiger partial charge in [-0.25, -0.2) is 4.79 Å². The molecule has 148 valence electrons. The van der Waals surface area contributed by atoms with E-state index < -0.39 is 0 Å². The zero-order valence-electron chi connectivity index (χ0n) is 15.9. The zero-order chi connectivity index (χ0) is 20.3. The number of hydrogen-bond acceptors (Lipinski definition) is 5. The number of aromatic nitrogens is 1. The predicted octanol–water partition coefficient (Wildman–Crippen LogP) is 2.55. The van der Waals surface area contributed by atoms with Crippen LogP contribution in [0.15, 0.2) is 40.2 Å². The molecule has 3 rings (SSSR count). The fourth-order valence-corrected chi connectivity index (χ4v) is 4.02. The highest BCUT2D eigenvalue weighted by Gasteiger charge is 2.31. The van der Waals surface area contributed by atoms with Crippen LogP contribution in [0.5, 0.6) is 5.88 Å². The van der Waals surface area contributed by atoms with Gasteiger partial charge in [0.25, 0.3) is 5.91 Å². The molecule has 3 N–H and O–H groups in total. The second kappa shape index (κ2) is 8.43. The number of amides is 3. The number of aromatic amines is 1. The molecule has 2 aromatic rings. The highest BCUT2D eigenvalue weighted by Crippen LogP contribution is 2.22. The van der Waals surface area contributed by atoms with Crippen LogP contribution in [0, 0.1) is 0 Å². The Kier molecular flexibility index (Phi) is 5.99. The van der Waals surface area contributed by atoms with Crippen molar-refractivity contribution in [1.29, 1.82) is 0 Å². The molecular weight excluding hydrogens is 378 g/mol. The van der Waals surface area contributed by atoms with E-state index in [9.17, 15) is 19.5 Å². The van der Waals surface area contributed by atoms with Gasteiger partial charge in [-0.3, -0.25) is 19.5 Å². The van der Waals surface area contributed by atoms with Gasteiger partial charge in [-0.05, 0) is 36.5 Å². The van der Waals surface area contributed by atoms with Crippen LogP contribution in [0.25, 0.3) is 0 Å². The molecule has 0 saturated heterocycles. The summed E-state index contributed by atoms with van der Waals surface area (Å²) in [6, 6.07) is 7.42. The maximum atomic E-state index is 12.3. The average Bonchev–Trinajstić information content (AvgIpc) is 3.13. The Balaban J connectivity index is 1.49. The molecule has 0 fully saturated rings. The molecule has 0 bridgehead atoms. The highest BCUT2D eigenvalue weighted by atomic mass is 32.1. The van der Waals surface area contributed by atoms with Gasteiger partial charge in [0.1, 0.15) is 0 Å². The van der Waals surface area contributed by atoms with Crippen molar-refractivity contribution in [1.82, 2.24) is 15.2 Å². The molecule has 0 atom stereocenters. The Morgan fingerprint density at radius 1 is 1.25 bits per heavy atom. The predicted molar refractivity (Wildman–Crippen MR) is 108 cm³/mol. The molecule has 0 aliphatic carbocycles. The standard InChI is InChI=1S/C20H23N3O4S/c1-3-15-12(2)11-23(18(15)25)19(26)21-9-8-13-4-6-14(7-5-13)10-16-17(24)22-20(27)28-16/h4-7,24H,3,8-11H2,1-2H3,(H,21,26)(H,22,27). The first-order valence-electron chi connectivity index (χ1n) is 9.16. The number of rotatable bonds is 6. The lowest BCUT2D eigenvalue weighted by atomic mass is 10.1. The minimum absolute atomic E-state index is 0.0748. The number of carbonyl (C=O) groups excluding carboxylic acids is 2. The Labute approximate surface area is 166 Å². The van der Waals surface area contributed by atoms with E-state index in [1.54, 1.807) is 0 Å². The van der Waals surface area contributed by atoms with Crippen LogP contribution in [0.2, 0.25) is 0 Å². The van der Waals surface area contributed by atoms with Crippen molar-refractivity contribution in [3.8, 4) is 5.88 Å². The molecular formula is C20H23N3O4S. The second-order valence-corrected chi connectivity index (χ2v) is 7.83. The lowest BCUT2D eigenvalue weighted by Crippen LogP contribution is -2.42. The molecule has 7 nitrogen and oxygen atoms in total. The summed E-state index contributed by atoms with van der Waals surface area (Å²) in [5, 5.41) is 12.5. The minimum atomic E-state index is -0.359. The Hall–Kier alpha value is -2.87. The van der Waals surface area contributed by atoms with Crippen LogP contribution in [0.4, 0.5) is 4.79 Å². The molecule has 0 unspecified atom stereocenters. The first-order valence-corrected chi connectivity index (χ1v) is 9.97. The van der Waals surface area contributed by atoms with Crippen molar-refractivity contribution in [3.05, 3.63) is 61.1 Å². The van der Waals surface area contributed by atoms with Gasteiger partial charge in [-0.1, -0.05) is 42.5 Å². The van der Waals surface area contributed by atoms with E-state index >= 15 is 0 Å². The zero-order valence-corrected chi connectivity index (χ0v) is 16.7. The molecule has 1 aliphatic heterocycles. The van der Waals surface area contributed by atoms with Crippen LogP contribution in [-0.4, -0.2) is 40.0 Å². The SMILES string of the molecule is CCC1=C(C)CN(C(=O)NCCc2ccc(Cc3sc(=O)[nH]c3O)cc2)C1=O. The van der Waals surface area contributed by atoms with Crippen molar-refractivity contribution in [2.75, 3.05) is 13.1 Å². The maximum absolute atomic E-state index is 12.3. The molecule has 3 amide bonds. The summed E-state index contributed by atoms with van der Waals surface area (Å²) in [6.07, 6.45) is 1.76. The summed E-state index contributed by atoms with van der Waals surface area (Å²) in [5.74, 6) is -0.272. The first-order chi connectivity index (χ1) is 13.4. The number of aromatic hydroxyl groups is 1. The number of nitrogens with zero attached hydrogens (tertiary/aromatic N) is 1. The summed E-state index contributed by atoms with van der Waals surface area (Å²) in [4.78, 5) is 39.7. The number of nitrogens with one attached hydrogen (secondary N) is 2. The van der Waals surface area contributed by atoms with Gasteiger partial charge >= 0.3 is 10.9 Å². The molecule has 0 spiro atoms. The van der Waals surface area contributed by atoms with Gasteiger partial charge in [0.05, 0.1) is 11.4 Å². The van der Waals surface area contributed by atoms with E-state index in [0.717, 1.165) is 33.6 Å². The molecule has 1 aliphatic rings. The third-order valence-corrected chi connectivity index (χ3v) is 5.66. The fourth-order valence-electron chi connectivity index (χ4n) is 3.26. The number of hydrogen-bond donors (Lipinski definition) is 3. The summed E-state index contributed by atoms with van der Waals surface area (Å²) in [5.41, 5.74) is 3.71. The second-order valence-electron chi connectivity index (χ2n) is 6.77. The number of carbonyl (C=O) groups is 2. The largest absolute Gasteiger partial charge is 0.494 e. The number of thiazole rings is 1. The fraction of sp³-hybridized carbons (Fsp3) is 0.350. The maximum Gasteiger partial charge on any atom is 0.324 e. The van der Waals surface area contributed by atoms with E-state index in [1.165, 1.54) is 4.90 Å². The van der Waals surface area contributed by atoms with Gasteiger partial charge in [0, 0.05) is 18.5 Å². The minimum Gasteiger partial charge on any atom is -0.494 e. The van der Waals surface area contributed by atoms with Crippen molar-refractivity contribution >= 4 is 23.3 Å². The van der Waals surface area contributed by atoms with E-state index in [-0.39, 0.29) is 22.7 Å². The van der Waals surface area contributed by atoms with E-state index in [4.69, 9.17) is 0 Å². The molecule has 1 aromatic carbocycles. The Bertz CT molecular complexity index is 972. The third-order valence-electron chi connectivity index (χ3n) is 4.79. The number of urea groups is 1. The summed E-state index contributed by atoms with van der Waals surface area (Å²) in [6.45, 7) is 4.60. The van der Waals surface area contributed by atoms with Gasteiger partial charge in [-0.2, -0.15) is 0 Å². The van der Waals surface area contributed by atoms with E-state index in [0.29, 0.717) is 37.2 Å². The van der Waals surface area contributed by atoms with Crippen LogP contribution in [0.3, 0.4) is 0 Å². The molecule has 8 heteroatoms. The lowest BCUT2D eigenvalue weighted by Gasteiger charge is -2.16. The van der Waals surface area contributed by atoms with Crippen LogP contribution >= 0.6 is 11.3 Å². The van der Waals surface area contributed by atoms with Gasteiger partial charge in [0.2, 0.25) is 5.88 Å². The van der Waals surface area contributed by atoms with Crippen LogP contribution < -0.4 is 10.2 Å². The van der Waals surface area contributed by atoms with Crippen LogP contribution in [-0.2, 0) is 17.6 Å². The Morgan fingerprint density at radius 2 is 1.93 bits per heavy atom. The lowest BCUT2D eigenvalue weighted by molar-refractivity contribution is -0.123. The quantitative estimate of drug-likeness (QED) is 0.692. The summed E-state index contributed by atoms with van der Waals surface area (Å²) in [7, 11) is 0. The van der Waals surface area contributed by atoms with Gasteiger partial charge < -0.3 is 10.4 Å². The number of benzene rings is 1. The van der Waals surface area contributed by atoms with Gasteiger partial charge in [-0.15, -0.1) is 0 Å². The van der Waals surface area contributed by atoms with E-state index in [1.807, 2.05) is 38.1 Å². The Morgan fingerprint density at radius 3 is 2.50 bits per heavy atom.